The highest BCUT2D eigenvalue weighted by atomic mass is 32.1. The van der Waals surface area contributed by atoms with Gasteiger partial charge in [0.15, 0.2) is 0 Å². The van der Waals surface area contributed by atoms with Crippen LogP contribution in [0.25, 0.3) is 0 Å². The van der Waals surface area contributed by atoms with E-state index in [2.05, 4.69) is 4.74 Å². The molecule has 1 heterocycles. The number of methoxy groups -OCH3 is 1. The number of hydrogen-bond acceptors (Lipinski definition) is 5. The predicted molar refractivity (Wildman–Crippen MR) is 76.0 cm³/mol. The van der Waals surface area contributed by atoms with E-state index in [1.807, 2.05) is 0 Å². The van der Waals surface area contributed by atoms with Crippen LogP contribution in [0.5, 0.6) is 0 Å². The van der Waals surface area contributed by atoms with E-state index in [-0.39, 0.29) is 29.4 Å². The van der Waals surface area contributed by atoms with Gasteiger partial charge in [0.1, 0.15) is 0 Å². The first-order chi connectivity index (χ1) is 9.49. The minimum Gasteiger partial charge on any atom is -0.469 e. The van der Waals surface area contributed by atoms with Crippen molar-refractivity contribution in [3.63, 3.8) is 0 Å². The van der Waals surface area contributed by atoms with E-state index in [0.717, 1.165) is 19.3 Å². The van der Waals surface area contributed by atoms with Crippen LogP contribution >= 0.6 is 12.2 Å². The average Bonchev–Trinajstić information content (AvgIpc) is 2.37. The van der Waals surface area contributed by atoms with Crippen LogP contribution in [-0.4, -0.2) is 54.7 Å². The Morgan fingerprint density at radius 2 is 2.20 bits per heavy atom. The highest BCUT2D eigenvalue weighted by Crippen LogP contribution is 2.43. The Morgan fingerprint density at radius 3 is 2.70 bits per heavy atom. The van der Waals surface area contributed by atoms with Gasteiger partial charge in [-0.25, -0.2) is 0 Å². The SMILES string of the molecule is COC(=O)CC1CN(C(=O)C2(C(N)=S)CCC2)CCO1. The molecule has 1 unspecified atom stereocenters. The Balaban J connectivity index is 2.00. The molecule has 2 fully saturated rings. The fourth-order valence-electron chi connectivity index (χ4n) is 2.70. The van der Waals surface area contributed by atoms with Crippen LogP contribution in [0.2, 0.25) is 0 Å². The van der Waals surface area contributed by atoms with Gasteiger partial charge in [0, 0.05) is 13.1 Å². The van der Waals surface area contributed by atoms with Crippen LogP contribution < -0.4 is 5.73 Å². The molecule has 2 rings (SSSR count). The highest BCUT2D eigenvalue weighted by molar-refractivity contribution is 7.80. The summed E-state index contributed by atoms with van der Waals surface area (Å²) in [5, 5.41) is 0. The summed E-state index contributed by atoms with van der Waals surface area (Å²) in [4.78, 5) is 25.9. The molecule has 1 saturated heterocycles. The van der Waals surface area contributed by atoms with Crippen molar-refractivity contribution >= 4 is 29.1 Å². The summed E-state index contributed by atoms with van der Waals surface area (Å²) in [6.07, 6.45) is 2.25. The number of hydrogen-bond donors (Lipinski definition) is 1. The second-order valence-electron chi connectivity index (χ2n) is 5.32. The minimum absolute atomic E-state index is 0.0191. The summed E-state index contributed by atoms with van der Waals surface area (Å²) >= 11 is 5.07. The highest BCUT2D eigenvalue weighted by Gasteiger charge is 2.49. The van der Waals surface area contributed by atoms with Gasteiger partial charge < -0.3 is 20.1 Å². The number of amides is 1. The van der Waals surface area contributed by atoms with E-state index in [1.165, 1.54) is 7.11 Å². The van der Waals surface area contributed by atoms with Crippen molar-refractivity contribution in [1.82, 2.24) is 4.90 Å². The lowest BCUT2D eigenvalue weighted by atomic mass is 9.67. The summed E-state index contributed by atoms with van der Waals surface area (Å²) in [6, 6.07) is 0. The maximum atomic E-state index is 12.6. The first-order valence-electron chi connectivity index (χ1n) is 6.77. The summed E-state index contributed by atoms with van der Waals surface area (Å²) in [7, 11) is 1.34. The number of ether oxygens (including phenoxy) is 2. The largest absolute Gasteiger partial charge is 0.469 e. The van der Waals surface area contributed by atoms with Gasteiger partial charge in [-0.15, -0.1) is 0 Å². The molecule has 7 heteroatoms. The molecule has 1 aliphatic heterocycles. The number of rotatable bonds is 4. The van der Waals surface area contributed by atoms with Crippen LogP contribution in [0.15, 0.2) is 0 Å². The van der Waals surface area contributed by atoms with Crippen molar-refractivity contribution in [2.24, 2.45) is 11.1 Å². The number of nitrogens with two attached hydrogens (primary N) is 1. The smallest absolute Gasteiger partial charge is 0.308 e. The fraction of sp³-hybridized carbons (Fsp3) is 0.769. The molecule has 0 bridgehead atoms. The molecule has 0 aromatic rings. The number of thiocarbonyl (C=S) groups is 1. The lowest BCUT2D eigenvalue weighted by Gasteiger charge is -2.44. The quantitative estimate of drug-likeness (QED) is 0.591. The number of nitrogens with zero attached hydrogens (tertiary/aromatic N) is 1. The Labute approximate surface area is 123 Å². The number of carbonyl (C=O) groups excluding carboxylic acids is 2. The van der Waals surface area contributed by atoms with Crippen molar-refractivity contribution in [1.29, 1.82) is 0 Å². The monoisotopic (exact) mass is 300 g/mol. The van der Waals surface area contributed by atoms with Crippen molar-refractivity contribution in [2.75, 3.05) is 26.8 Å². The zero-order valence-corrected chi connectivity index (χ0v) is 12.4. The van der Waals surface area contributed by atoms with Crippen LogP contribution in [-0.2, 0) is 19.1 Å². The molecule has 2 aliphatic rings. The Kier molecular flexibility index (Phi) is 4.59. The first kappa shape index (κ1) is 15.2. The maximum Gasteiger partial charge on any atom is 0.308 e. The molecule has 2 N–H and O–H groups in total. The lowest BCUT2D eigenvalue weighted by molar-refractivity contribution is -0.155. The average molecular weight is 300 g/mol. The van der Waals surface area contributed by atoms with Crippen LogP contribution in [0.1, 0.15) is 25.7 Å². The number of esters is 1. The van der Waals surface area contributed by atoms with Gasteiger partial charge in [-0.2, -0.15) is 0 Å². The summed E-state index contributed by atoms with van der Waals surface area (Å²) in [5.41, 5.74) is 5.09. The van der Waals surface area contributed by atoms with E-state index >= 15 is 0 Å². The Hall–Kier alpha value is -1.21. The second kappa shape index (κ2) is 6.05. The van der Waals surface area contributed by atoms with Crippen LogP contribution in [0, 0.1) is 5.41 Å². The minimum atomic E-state index is -0.664. The zero-order valence-electron chi connectivity index (χ0n) is 11.6. The summed E-state index contributed by atoms with van der Waals surface area (Å²) < 4.78 is 10.1. The summed E-state index contributed by atoms with van der Waals surface area (Å²) in [6.45, 7) is 1.32. The van der Waals surface area contributed by atoms with E-state index in [1.54, 1.807) is 4.90 Å². The topological polar surface area (TPSA) is 81.9 Å². The molecule has 1 amide bonds. The Morgan fingerprint density at radius 1 is 1.50 bits per heavy atom. The van der Waals surface area contributed by atoms with Crippen LogP contribution in [0.3, 0.4) is 0 Å². The van der Waals surface area contributed by atoms with Gasteiger partial charge in [-0.1, -0.05) is 18.6 Å². The molecule has 1 aliphatic carbocycles. The zero-order chi connectivity index (χ0) is 14.8. The normalized spacial score (nSPS) is 24.6. The second-order valence-corrected chi connectivity index (χ2v) is 5.76. The van der Waals surface area contributed by atoms with E-state index in [9.17, 15) is 9.59 Å². The van der Waals surface area contributed by atoms with E-state index in [4.69, 9.17) is 22.7 Å². The van der Waals surface area contributed by atoms with E-state index in [0.29, 0.717) is 19.7 Å². The molecule has 0 aromatic carbocycles. The molecule has 0 aromatic heterocycles. The van der Waals surface area contributed by atoms with Gasteiger partial charge in [-0.05, 0) is 12.8 Å². The van der Waals surface area contributed by atoms with E-state index < -0.39 is 5.41 Å². The Bertz CT molecular complexity index is 423. The first-order valence-corrected chi connectivity index (χ1v) is 7.18. The van der Waals surface area contributed by atoms with Gasteiger partial charge in [0.2, 0.25) is 5.91 Å². The third-order valence-electron chi connectivity index (χ3n) is 4.14. The van der Waals surface area contributed by atoms with Gasteiger partial charge in [0.05, 0.1) is 36.6 Å². The molecule has 1 saturated carbocycles. The molecule has 6 nitrogen and oxygen atoms in total. The third kappa shape index (κ3) is 2.78. The summed E-state index contributed by atoms with van der Waals surface area (Å²) in [5.74, 6) is -0.355. The molecule has 0 radical (unpaired) electrons. The standard InChI is InChI=1S/C13H20N2O4S/c1-18-10(16)7-9-8-15(5-6-19-9)12(17)13(11(14)20)3-2-4-13/h9H,2-8H2,1H3,(H2,14,20). The maximum absolute atomic E-state index is 12.6. The van der Waals surface area contributed by atoms with Crippen molar-refractivity contribution < 1.29 is 19.1 Å². The lowest BCUT2D eigenvalue weighted by Crippen LogP contribution is -2.58. The van der Waals surface area contributed by atoms with Crippen molar-refractivity contribution in [2.45, 2.75) is 31.8 Å². The molecular formula is C13H20N2O4S. The number of morpholine rings is 1. The number of carbonyl (C=O) groups is 2. The fourth-order valence-corrected chi connectivity index (χ4v) is 2.99. The molecular weight excluding hydrogens is 280 g/mol. The van der Waals surface area contributed by atoms with Gasteiger partial charge in [-0.3, -0.25) is 9.59 Å². The molecule has 112 valence electrons. The van der Waals surface area contributed by atoms with Gasteiger partial charge in [0.25, 0.3) is 0 Å². The van der Waals surface area contributed by atoms with Crippen LogP contribution in [0.4, 0.5) is 0 Å². The molecule has 1 atom stereocenters. The predicted octanol–water partition coefficient (Wildman–Crippen LogP) is 0.233. The van der Waals surface area contributed by atoms with Crippen molar-refractivity contribution in [3.8, 4) is 0 Å². The third-order valence-corrected chi connectivity index (χ3v) is 4.53. The van der Waals surface area contributed by atoms with Crippen molar-refractivity contribution in [3.05, 3.63) is 0 Å². The van der Waals surface area contributed by atoms with Gasteiger partial charge >= 0.3 is 5.97 Å². The molecule has 20 heavy (non-hydrogen) atoms. The molecule has 0 spiro atoms.